The van der Waals surface area contributed by atoms with Crippen LogP contribution in [0.15, 0.2) is 36.4 Å². The average molecular weight is 590 g/mol. The van der Waals surface area contributed by atoms with Crippen molar-refractivity contribution in [2.75, 3.05) is 49.5 Å². The van der Waals surface area contributed by atoms with E-state index in [1.165, 1.54) is 17.2 Å². The number of nitrogens with zero attached hydrogens (tertiary/aromatic N) is 4. The molecule has 1 N–H and O–H groups in total. The van der Waals surface area contributed by atoms with Gasteiger partial charge in [-0.15, -0.1) is 0 Å². The fourth-order valence-corrected chi connectivity index (χ4v) is 5.77. The molecule has 2 saturated heterocycles. The fraction of sp³-hybridized carbons (Fsp3) is 0.533. The summed E-state index contributed by atoms with van der Waals surface area (Å²) in [4.78, 5) is 41.3. The minimum absolute atomic E-state index is 0.0693. The third-order valence-corrected chi connectivity index (χ3v) is 8.04. The summed E-state index contributed by atoms with van der Waals surface area (Å²) in [5, 5.41) is 14.0. The van der Waals surface area contributed by atoms with Gasteiger partial charge in [-0.3, -0.25) is 19.7 Å². The highest BCUT2D eigenvalue weighted by molar-refractivity contribution is 5.97. The predicted octanol–water partition coefficient (Wildman–Crippen LogP) is 5.36. The van der Waals surface area contributed by atoms with Gasteiger partial charge in [0, 0.05) is 62.8 Å². The standard InChI is InChI=1S/C30H38F3N5O4/c1-20-17-23(6-7-24(20)29(2,3)4)35-13-15-37(16-14-35)28(40)19-27(39)36-11-9-21(10-12-36)34-22-5-8-26(38(41)42)25(18-22)30(31,32)33/h5-8,17-18,21,34H,9-16,19H2,1-4H3. The number of nitro benzene ring substituents is 1. The Morgan fingerprint density at radius 2 is 1.50 bits per heavy atom. The van der Waals surface area contributed by atoms with Crippen LogP contribution in [-0.4, -0.2) is 71.8 Å². The topological polar surface area (TPSA) is 99.0 Å². The van der Waals surface area contributed by atoms with Gasteiger partial charge in [0.2, 0.25) is 11.8 Å². The van der Waals surface area contributed by atoms with Gasteiger partial charge in [-0.1, -0.05) is 26.8 Å². The largest absolute Gasteiger partial charge is 0.423 e. The number of nitro groups is 1. The number of rotatable bonds is 6. The number of alkyl halides is 3. The molecule has 0 unspecified atom stereocenters. The van der Waals surface area contributed by atoms with Crippen LogP contribution in [0.4, 0.5) is 30.2 Å². The van der Waals surface area contributed by atoms with Crippen molar-refractivity contribution in [2.24, 2.45) is 0 Å². The number of aryl methyl sites for hydroxylation is 1. The lowest BCUT2D eigenvalue weighted by molar-refractivity contribution is -0.388. The minimum atomic E-state index is -4.86. The second-order valence-corrected chi connectivity index (χ2v) is 12.1. The third-order valence-electron chi connectivity index (χ3n) is 8.04. The Morgan fingerprint density at radius 1 is 0.905 bits per heavy atom. The molecule has 0 atom stereocenters. The molecule has 0 radical (unpaired) electrons. The zero-order valence-corrected chi connectivity index (χ0v) is 24.5. The van der Waals surface area contributed by atoms with Crippen molar-refractivity contribution in [2.45, 2.75) is 64.6 Å². The van der Waals surface area contributed by atoms with E-state index in [9.17, 15) is 32.9 Å². The zero-order valence-electron chi connectivity index (χ0n) is 24.5. The van der Waals surface area contributed by atoms with Crippen LogP contribution in [0.1, 0.15) is 56.7 Å². The molecule has 2 aliphatic rings. The van der Waals surface area contributed by atoms with Gasteiger partial charge in [0.15, 0.2) is 0 Å². The van der Waals surface area contributed by atoms with Crippen LogP contribution in [-0.2, 0) is 21.2 Å². The van der Waals surface area contributed by atoms with Gasteiger partial charge in [0.05, 0.1) is 4.92 Å². The molecule has 42 heavy (non-hydrogen) atoms. The van der Waals surface area contributed by atoms with Gasteiger partial charge in [0.25, 0.3) is 5.69 Å². The van der Waals surface area contributed by atoms with Crippen molar-refractivity contribution < 1.29 is 27.7 Å². The Bertz CT molecular complexity index is 1330. The smallest absolute Gasteiger partial charge is 0.382 e. The SMILES string of the molecule is Cc1cc(N2CCN(C(=O)CC(=O)N3CCC(Nc4ccc([N+](=O)[O-])c(C(F)(F)F)c4)CC3)CC2)ccc1C(C)(C)C. The summed E-state index contributed by atoms with van der Waals surface area (Å²) in [6.07, 6.45) is -4.12. The normalized spacial score (nSPS) is 16.9. The second-order valence-electron chi connectivity index (χ2n) is 12.1. The van der Waals surface area contributed by atoms with E-state index in [-0.39, 0.29) is 35.4 Å². The maximum atomic E-state index is 13.3. The number of amides is 2. The quantitative estimate of drug-likeness (QED) is 0.277. The number of piperidine rings is 1. The Kier molecular flexibility index (Phi) is 9.03. The number of carbonyl (C=O) groups is 2. The van der Waals surface area contributed by atoms with Gasteiger partial charge in [0.1, 0.15) is 12.0 Å². The van der Waals surface area contributed by atoms with Gasteiger partial charge >= 0.3 is 6.18 Å². The number of nitrogens with one attached hydrogen (secondary N) is 1. The van der Waals surface area contributed by atoms with E-state index in [0.29, 0.717) is 52.1 Å². The summed E-state index contributed by atoms with van der Waals surface area (Å²) in [7, 11) is 0. The summed E-state index contributed by atoms with van der Waals surface area (Å²) in [5.74, 6) is -0.464. The van der Waals surface area contributed by atoms with Crippen LogP contribution < -0.4 is 10.2 Å². The molecule has 2 aromatic rings. The van der Waals surface area contributed by atoms with Crippen molar-refractivity contribution >= 4 is 28.9 Å². The zero-order chi connectivity index (χ0) is 30.8. The molecule has 228 valence electrons. The molecule has 2 amide bonds. The predicted molar refractivity (Wildman–Crippen MR) is 155 cm³/mol. The Labute approximate surface area is 243 Å². The monoisotopic (exact) mass is 589 g/mol. The first-order valence-corrected chi connectivity index (χ1v) is 14.2. The number of carbonyl (C=O) groups excluding carboxylic acids is 2. The summed E-state index contributed by atoms with van der Waals surface area (Å²) >= 11 is 0. The van der Waals surface area contributed by atoms with E-state index in [4.69, 9.17) is 0 Å². The lowest BCUT2D eigenvalue weighted by atomic mass is 9.84. The van der Waals surface area contributed by atoms with Gasteiger partial charge in [-0.2, -0.15) is 13.2 Å². The van der Waals surface area contributed by atoms with Crippen LogP contribution in [0.25, 0.3) is 0 Å². The number of hydrogen-bond donors (Lipinski definition) is 1. The Balaban J connectivity index is 1.24. The number of halogens is 3. The molecule has 2 fully saturated rings. The molecule has 0 saturated carbocycles. The molecule has 12 heteroatoms. The van der Waals surface area contributed by atoms with E-state index < -0.39 is 22.4 Å². The van der Waals surface area contributed by atoms with Gasteiger partial charge in [-0.25, -0.2) is 0 Å². The highest BCUT2D eigenvalue weighted by Gasteiger charge is 2.38. The van der Waals surface area contributed by atoms with E-state index in [1.807, 2.05) is 0 Å². The van der Waals surface area contributed by atoms with E-state index in [1.54, 1.807) is 9.80 Å². The molecule has 9 nitrogen and oxygen atoms in total. The highest BCUT2D eigenvalue weighted by atomic mass is 19.4. The van der Waals surface area contributed by atoms with E-state index in [0.717, 1.165) is 17.8 Å². The van der Waals surface area contributed by atoms with Crippen molar-refractivity contribution in [3.05, 3.63) is 63.2 Å². The fourth-order valence-electron chi connectivity index (χ4n) is 5.77. The first kappa shape index (κ1) is 31.1. The van der Waals surface area contributed by atoms with Crippen molar-refractivity contribution in [3.63, 3.8) is 0 Å². The lowest BCUT2D eigenvalue weighted by Gasteiger charge is -2.37. The van der Waals surface area contributed by atoms with Crippen LogP contribution in [0.5, 0.6) is 0 Å². The van der Waals surface area contributed by atoms with Crippen molar-refractivity contribution in [3.8, 4) is 0 Å². The molecular formula is C30H38F3N5O4. The Morgan fingerprint density at radius 3 is 2.02 bits per heavy atom. The van der Waals surface area contributed by atoms with Crippen LogP contribution in [0.2, 0.25) is 0 Å². The summed E-state index contributed by atoms with van der Waals surface area (Å²) < 4.78 is 39.9. The van der Waals surface area contributed by atoms with Crippen LogP contribution in [0.3, 0.4) is 0 Å². The summed E-state index contributed by atoms with van der Waals surface area (Å²) in [6, 6.07) is 9.13. The van der Waals surface area contributed by atoms with Crippen molar-refractivity contribution in [1.82, 2.24) is 9.80 Å². The molecule has 4 rings (SSSR count). The average Bonchev–Trinajstić information content (AvgIpc) is 2.92. The number of piperazine rings is 1. The molecule has 2 aromatic carbocycles. The van der Waals surface area contributed by atoms with Gasteiger partial charge < -0.3 is 20.0 Å². The lowest BCUT2D eigenvalue weighted by Crippen LogP contribution is -2.50. The van der Waals surface area contributed by atoms with Crippen LogP contribution in [0, 0.1) is 17.0 Å². The molecule has 2 aliphatic heterocycles. The van der Waals surface area contributed by atoms with Crippen molar-refractivity contribution in [1.29, 1.82) is 0 Å². The third kappa shape index (κ3) is 7.32. The number of benzene rings is 2. The second kappa shape index (κ2) is 12.2. The Hall–Kier alpha value is -3.83. The maximum absolute atomic E-state index is 13.3. The summed E-state index contributed by atoms with van der Waals surface area (Å²) in [5.41, 5.74) is 1.57. The molecule has 0 bridgehead atoms. The summed E-state index contributed by atoms with van der Waals surface area (Å²) in [6.45, 7) is 11.9. The van der Waals surface area contributed by atoms with E-state index >= 15 is 0 Å². The van der Waals surface area contributed by atoms with Crippen LogP contribution >= 0.6 is 0 Å². The molecule has 0 spiro atoms. The molecule has 0 aliphatic carbocycles. The maximum Gasteiger partial charge on any atom is 0.423 e. The van der Waals surface area contributed by atoms with Gasteiger partial charge in [-0.05, 0) is 60.6 Å². The highest BCUT2D eigenvalue weighted by Crippen LogP contribution is 2.38. The number of likely N-dealkylation sites (tertiary alicyclic amines) is 1. The molecular weight excluding hydrogens is 551 g/mol. The molecule has 2 heterocycles. The number of hydrogen-bond acceptors (Lipinski definition) is 6. The van der Waals surface area contributed by atoms with E-state index in [2.05, 4.69) is 56.1 Å². The molecule has 0 aromatic heterocycles. The first-order valence-electron chi connectivity index (χ1n) is 14.2. The minimum Gasteiger partial charge on any atom is -0.382 e. The number of anilines is 2. The first-order chi connectivity index (χ1) is 19.6.